The fourth-order valence-corrected chi connectivity index (χ4v) is 9.59. The molecule has 2 aliphatic rings. The molecule has 0 radical (unpaired) electrons. The van der Waals surface area contributed by atoms with Crippen LogP contribution in [-0.4, -0.2) is 0 Å². The van der Waals surface area contributed by atoms with Gasteiger partial charge in [-0.05, 0) is 113 Å². The Morgan fingerprint density at radius 2 is 1.10 bits per heavy atom. The maximum atomic E-state index is 2.57. The van der Waals surface area contributed by atoms with Crippen LogP contribution in [-0.2, 0) is 10.8 Å². The summed E-state index contributed by atoms with van der Waals surface area (Å²) in [5.41, 5.74) is 11.4. The Hall–Kier alpha value is -4.20. The van der Waals surface area contributed by atoms with Gasteiger partial charge in [-0.2, -0.15) is 0 Å². The van der Waals surface area contributed by atoms with Crippen LogP contribution in [0, 0.1) is 0 Å². The van der Waals surface area contributed by atoms with E-state index in [4.69, 9.17) is 0 Å². The standard InChI is InChI=1S/C40H28S/c1-39(2)30-18-28-24-10-5-6-11-34(24)41-35(28)20-27(30)26-17-32-29(19-31(26)39)38-25-15-14-22-9-7-8-21-12-13-23(37(25)36(21)22)16-33(38)40(32,3)4/h5-20H,1-4H3. The number of hydrogen-bond acceptors (Lipinski definition) is 1. The van der Waals surface area contributed by atoms with E-state index in [0.29, 0.717) is 0 Å². The summed E-state index contributed by atoms with van der Waals surface area (Å²) in [6, 6.07) is 37.5. The minimum absolute atomic E-state index is 0.0619. The lowest BCUT2D eigenvalue weighted by Gasteiger charge is -2.24. The lowest BCUT2D eigenvalue weighted by Crippen LogP contribution is -2.17. The maximum Gasteiger partial charge on any atom is 0.0361 e. The molecular formula is C40H28S. The van der Waals surface area contributed by atoms with E-state index in [9.17, 15) is 0 Å². The van der Waals surface area contributed by atoms with Crippen molar-refractivity contribution in [2.75, 3.05) is 0 Å². The van der Waals surface area contributed by atoms with Gasteiger partial charge in [-0.1, -0.05) is 88.4 Å². The minimum Gasteiger partial charge on any atom is -0.135 e. The second-order valence-corrected chi connectivity index (χ2v) is 14.4. The topological polar surface area (TPSA) is 0 Å². The van der Waals surface area contributed by atoms with Gasteiger partial charge in [0.15, 0.2) is 0 Å². The van der Waals surface area contributed by atoms with E-state index in [0.717, 1.165) is 0 Å². The van der Waals surface area contributed by atoms with Crippen LogP contribution in [0.4, 0.5) is 0 Å². The Kier molecular flexibility index (Phi) is 3.83. The number of benzene rings is 7. The quantitative estimate of drug-likeness (QED) is 0.168. The molecule has 2 aliphatic carbocycles. The van der Waals surface area contributed by atoms with Crippen molar-refractivity contribution in [3.63, 3.8) is 0 Å². The zero-order chi connectivity index (χ0) is 27.4. The molecule has 0 nitrogen and oxygen atoms in total. The number of rotatable bonds is 0. The predicted octanol–water partition coefficient (Wildman–Crippen LogP) is 11.6. The molecule has 1 heterocycles. The summed E-state index contributed by atoms with van der Waals surface area (Å²) in [5, 5.41) is 11.0. The maximum absolute atomic E-state index is 2.57. The van der Waals surface area contributed by atoms with Gasteiger partial charge in [0.05, 0.1) is 0 Å². The van der Waals surface area contributed by atoms with Crippen LogP contribution in [0.15, 0.2) is 97.1 Å². The monoisotopic (exact) mass is 540 g/mol. The van der Waals surface area contributed by atoms with E-state index >= 15 is 0 Å². The summed E-state index contributed by atoms with van der Waals surface area (Å²) in [6.07, 6.45) is 0. The molecule has 0 fully saturated rings. The SMILES string of the molecule is CC1(C)c2cc3c(cc2-c2cc4sc5ccccc5c4cc21)C(C)(C)c1cc2ccc4cccc5ccc(c1-3)c2c45. The van der Waals surface area contributed by atoms with Crippen LogP contribution in [0.25, 0.3) is 74.7 Å². The normalized spacial score (nSPS) is 16.2. The fourth-order valence-electron chi connectivity index (χ4n) is 8.46. The molecule has 0 amide bonds. The highest BCUT2D eigenvalue weighted by molar-refractivity contribution is 7.25. The molecular weight excluding hydrogens is 513 g/mol. The molecule has 0 aliphatic heterocycles. The summed E-state index contributed by atoms with van der Waals surface area (Å²) in [7, 11) is 0. The molecule has 0 saturated heterocycles. The molecule has 0 atom stereocenters. The molecule has 0 saturated carbocycles. The molecule has 7 aromatic carbocycles. The van der Waals surface area contributed by atoms with Crippen LogP contribution < -0.4 is 0 Å². The predicted molar refractivity (Wildman–Crippen MR) is 178 cm³/mol. The van der Waals surface area contributed by atoms with Crippen molar-refractivity contribution in [2.45, 2.75) is 38.5 Å². The number of thiophene rings is 1. The van der Waals surface area contributed by atoms with Crippen LogP contribution in [0.5, 0.6) is 0 Å². The van der Waals surface area contributed by atoms with E-state index in [1.165, 1.54) is 97.0 Å². The van der Waals surface area contributed by atoms with Crippen molar-refractivity contribution in [3.8, 4) is 22.3 Å². The zero-order valence-electron chi connectivity index (χ0n) is 23.6. The molecule has 10 rings (SSSR count). The number of fused-ring (bicyclic) bond motifs is 10. The van der Waals surface area contributed by atoms with Crippen LogP contribution >= 0.6 is 11.3 Å². The summed E-state index contributed by atoms with van der Waals surface area (Å²) >= 11 is 1.92. The highest BCUT2D eigenvalue weighted by Gasteiger charge is 2.42. The Morgan fingerprint density at radius 3 is 1.95 bits per heavy atom. The lowest BCUT2D eigenvalue weighted by atomic mass is 9.79. The molecule has 1 aromatic heterocycles. The molecule has 41 heavy (non-hydrogen) atoms. The van der Waals surface area contributed by atoms with Crippen molar-refractivity contribution in [1.82, 2.24) is 0 Å². The molecule has 1 heteroatoms. The third kappa shape index (κ3) is 2.54. The average molecular weight is 541 g/mol. The van der Waals surface area contributed by atoms with Crippen molar-refractivity contribution >= 4 is 63.8 Å². The van der Waals surface area contributed by atoms with Crippen LogP contribution in [0.1, 0.15) is 49.9 Å². The van der Waals surface area contributed by atoms with Crippen molar-refractivity contribution < 1.29 is 0 Å². The van der Waals surface area contributed by atoms with Crippen molar-refractivity contribution in [2.24, 2.45) is 0 Å². The molecule has 0 bridgehead atoms. The van der Waals surface area contributed by atoms with Gasteiger partial charge in [0.2, 0.25) is 0 Å². The van der Waals surface area contributed by atoms with Crippen LogP contribution in [0.2, 0.25) is 0 Å². The largest absolute Gasteiger partial charge is 0.135 e. The van der Waals surface area contributed by atoms with Crippen molar-refractivity contribution in [1.29, 1.82) is 0 Å². The Balaban J connectivity index is 1.30. The molecule has 0 unspecified atom stereocenters. The van der Waals surface area contributed by atoms with Crippen LogP contribution in [0.3, 0.4) is 0 Å². The molecule has 0 spiro atoms. The third-order valence-corrected chi connectivity index (χ3v) is 11.7. The average Bonchev–Trinajstić information content (AvgIpc) is 3.53. The van der Waals surface area contributed by atoms with Gasteiger partial charge in [0, 0.05) is 31.0 Å². The van der Waals surface area contributed by atoms with Gasteiger partial charge < -0.3 is 0 Å². The van der Waals surface area contributed by atoms with Gasteiger partial charge in [-0.3, -0.25) is 0 Å². The molecule has 8 aromatic rings. The fraction of sp³-hybridized carbons (Fsp3) is 0.150. The van der Waals surface area contributed by atoms with Crippen molar-refractivity contribution in [3.05, 3.63) is 119 Å². The minimum atomic E-state index is -0.0707. The zero-order valence-corrected chi connectivity index (χ0v) is 24.5. The Bertz CT molecular complexity index is 2450. The number of hydrogen-bond donors (Lipinski definition) is 0. The highest BCUT2D eigenvalue weighted by Crippen LogP contribution is 2.59. The van der Waals surface area contributed by atoms with E-state index < -0.39 is 0 Å². The first-order chi connectivity index (χ1) is 19.8. The molecule has 194 valence electrons. The van der Waals surface area contributed by atoms with Gasteiger partial charge >= 0.3 is 0 Å². The Morgan fingerprint density at radius 1 is 0.439 bits per heavy atom. The second-order valence-electron chi connectivity index (χ2n) is 13.3. The van der Waals surface area contributed by atoms with E-state index in [-0.39, 0.29) is 10.8 Å². The lowest BCUT2D eigenvalue weighted by molar-refractivity contribution is 0.653. The summed E-state index contributed by atoms with van der Waals surface area (Å²) in [6.45, 7) is 9.71. The third-order valence-electron chi connectivity index (χ3n) is 10.6. The van der Waals surface area contributed by atoms with E-state index in [1.807, 2.05) is 11.3 Å². The summed E-state index contributed by atoms with van der Waals surface area (Å²) in [5.74, 6) is 0. The summed E-state index contributed by atoms with van der Waals surface area (Å²) < 4.78 is 2.76. The summed E-state index contributed by atoms with van der Waals surface area (Å²) in [4.78, 5) is 0. The molecule has 0 N–H and O–H groups in total. The first-order valence-electron chi connectivity index (χ1n) is 14.7. The Labute approximate surface area is 243 Å². The van der Waals surface area contributed by atoms with Gasteiger partial charge in [0.1, 0.15) is 0 Å². The van der Waals surface area contributed by atoms with E-state index in [1.54, 1.807) is 0 Å². The first kappa shape index (κ1) is 22.5. The van der Waals surface area contributed by atoms with E-state index in [2.05, 4.69) is 125 Å². The first-order valence-corrected chi connectivity index (χ1v) is 15.5. The van der Waals surface area contributed by atoms with Gasteiger partial charge in [-0.15, -0.1) is 11.3 Å². The smallest absolute Gasteiger partial charge is 0.0361 e. The second kappa shape index (κ2) is 6.98. The van der Waals surface area contributed by atoms with Gasteiger partial charge in [0.25, 0.3) is 0 Å². The highest BCUT2D eigenvalue weighted by atomic mass is 32.1. The van der Waals surface area contributed by atoms with Gasteiger partial charge in [-0.25, -0.2) is 0 Å².